The van der Waals surface area contributed by atoms with Crippen LogP contribution < -0.4 is 5.32 Å². The van der Waals surface area contributed by atoms with E-state index in [2.05, 4.69) is 50.1 Å². The molecule has 1 heterocycles. The third-order valence-electron chi connectivity index (χ3n) is 2.56. The molecule has 96 valence electrons. The second kappa shape index (κ2) is 7.72. The van der Waals surface area contributed by atoms with E-state index in [1.807, 2.05) is 24.2 Å². The summed E-state index contributed by atoms with van der Waals surface area (Å²) in [4.78, 5) is 4.04. The molecule has 0 aliphatic carbocycles. The Bertz CT molecular complexity index is 300. The molecule has 0 radical (unpaired) electrons. The lowest BCUT2D eigenvalue weighted by Crippen LogP contribution is -2.31. The van der Waals surface area contributed by atoms with E-state index < -0.39 is 0 Å². The van der Waals surface area contributed by atoms with Crippen LogP contribution in [-0.2, 0) is 0 Å². The fourth-order valence-electron chi connectivity index (χ4n) is 1.70. The van der Waals surface area contributed by atoms with Gasteiger partial charge in [-0.05, 0) is 43.2 Å². The minimum atomic E-state index is 0.396. The molecule has 0 spiro atoms. The van der Waals surface area contributed by atoms with Crippen molar-refractivity contribution in [2.45, 2.75) is 39.8 Å². The van der Waals surface area contributed by atoms with Crippen LogP contribution in [0.5, 0.6) is 0 Å². The fourth-order valence-corrected chi connectivity index (χ4v) is 2.76. The van der Waals surface area contributed by atoms with Crippen molar-refractivity contribution in [3.8, 4) is 0 Å². The minimum Gasteiger partial charge on any atom is -0.307 e. The van der Waals surface area contributed by atoms with Gasteiger partial charge in [0.05, 0.1) is 0 Å². The molecule has 0 saturated carbocycles. The Kier molecular flexibility index (Phi) is 6.60. The lowest BCUT2D eigenvalue weighted by Gasteiger charge is -2.20. The van der Waals surface area contributed by atoms with Crippen molar-refractivity contribution < 1.29 is 0 Å². The topological polar surface area (TPSA) is 24.9 Å². The van der Waals surface area contributed by atoms with Crippen molar-refractivity contribution in [1.82, 2.24) is 10.3 Å². The van der Waals surface area contributed by atoms with Gasteiger partial charge in [0.1, 0.15) is 0 Å². The van der Waals surface area contributed by atoms with E-state index in [1.54, 1.807) is 0 Å². The van der Waals surface area contributed by atoms with E-state index in [0.29, 0.717) is 12.1 Å². The van der Waals surface area contributed by atoms with Crippen molar-refractivity contribution in [1.29, 1.82) is 0 Å². The summed E-state index contributed by atoms with van der Waals surface area (Å²) in [5.41, 5.74) is 1.31. The van der Waals surface area contributed by atoms with Crippen molar-refractivity contribution in [3.63, 3.8) is 0 Å². The monoisotopic (exact) mass is 252 g/mol. The second-order valence-corrected chi connectivity index (χ2v) is 6.08. The SMILES string of the molecule is CC(C)CSC[C@@H](C)N[C@H](C)c1ccncc1. The summed E-state index contributed by atoms with van der Waals surface area (Å²) in [5.74, 6) is 3.20. The first-order valence-corrected chi connectivity index (χ1v) is 7.48. The van der Waals surface area contributed by atoms with Gasteiger partial charge in [0.2, 0.25) is 0 Å². The van der Waals surface area contributed by atoms with Gasteiger partial charge in [-0.3, -0.25) is 4.98 Å². The zero-order valence-electron chi connectivity index (χ0n) is 11.3. The summed E-state index contributed by atoms with van der Waals surface area (Å²) in [7, 11) is 0. The molecule has 2 nitrogen and oxygen atoms in total. The highest BCUT2D eigenvalue weighted by atomic mass is 32.2. The van der Waals surface area contributed by atoms with Crippen LogP contribution in [0.2, 0.25) is 0 Å². The maximum absolute atomic E-state index is 4.04. The van der Waals surface area contributed by atoms with Gasteiger partial charge in [0.15, 0.2) is 0 Å². The Labute approximate surface area is 110 Å². The highest BCUT2D eigenvalue weighted by Gasteiger charge is 2.09. The Balaban J connectivity index is 2.28. The largest absolute Gasteiger partial charge is 0.307 e. The molecule has 1 N–H and O–H groups in total. The molecule has 3 heteroatoms. The standard InChI is InChI=1S/C14H24N2S/c1-11(2)9-17-10-12(3)16-13(4)14-5-7-15-8-6-14/h5-8,11-13,16H,9-10H2,1-4H3/t12-,13-/m1/s1. The number of nitrogens with one attached hydrogen (secondary N) is 1. The first-order chi connectivity index (χ1) is 8.09. The predicted molar refractivity (Wildman–Crippen MR) is 77.4 cm³/mol. The van der Waals surface area contributed by atoms with Crippen LogP contribution in [0.25, 0.3) is 0 Å². The van der Waals surface area contributed by atoms with Crippen LogP contribution in [-0.4, -0.2) is 22.5 Å². The average molecular weight is 252 g/mol. The van der Waals surface area contributed by atoms with Crippen molar-refractivity contribution >= 4 is 11.8 Å². The molecule has 0 aliphatic rings. The summed E-state index contributed by atoms with van der Waals surface area (Å²) < 4.78 is 0. The van der Waals surface area contributed by atoms with Crippen molar-refractivity contribution in [2.75, 3.05) is 11.5 Å². The molecule has 0 bridgehead atoms. The number of hydrogen-bond donors (Lipinski definition) is 1. The molecular weight excluding hydrogens is 228 g/mol. The molecule has 0 unspecified atom stereocenters. The zero-order chi connectivity index (χ0) is 12.7. The number of nitrogens with zero attached hydrogens (tertiary/aromatic N) is 1. The molecule has 1 rings (SSSR count). The van der Waals surface area contributed by atoms with Gasteiger partial charge in [-0.1, -0.05) is 13.8 Å². The van der Waals surface area contributed by atoms with E-state index in [9.17, 15) is 0 Å². The highest BCUT2D eigenvalue weighted by Crippen LogP contribution is 2.14. The summed E-state index contributed by atoms with van der Waals surface area (Å²) >= 11 is 2.03. The normalized spacial score (nSPS) is 14.9. The smallest absolute Gasteiger partial charge is 0.0295 e. The molecule has 1 aromatic heterocycles. The lowest BCUT2D eigenvalue weighted by molar-refractivity contribution is 0.510. The maximum Gasteiger partial charge on any atom is 0.0295 e. The minimum absolute atomic E-state index is 0.396. The third kappa shape index (κ3) is 6.08. The second-order valence-electron chi connectivity index (χ2n) is 5.00. The molecule has 0 fully saturated rings. The average Bonchev–Trinajstić information content (AvgIpc) is 2.29. The van der Waals surface area contributed by atoms with Gasteiger partial charge >= 0.3 is 0 Å². The van der Waals surface area contributed by atoms with E-state index in [0.717, 1.165) is 5.92 Å². The van der Waals surface area contributed by atoms with Crippen LogP contribution in [0.3, 0.4) is 0 Å². The summed E-state index contributed by atoms with van der Waals surface area (Å²) in [6.07, 6.45) is 3.71. The Hall–Kier alpha value is -0.540. The molecule has 0 saturated heterocycles. The zero-order valence-corrected chi connectivity index (χ0v) is 12.1. The molecule has 0 aliphatic heterocycles. The first-order valence-electron chi connectivity index (χ1n) is 6.33. The third-order valence-corrected chi connectivity index (χ3v) is 4.20. The Morgan fingerprint density at radius 3 is 2.35 bits per heavy atom. The van der Waals surface area contributed by atoms with E-state index >= 15 is 0 Å². The maximum atomic E-state index is 4.04. The molecule has 0 amide bonds. The van der Waals surface area contributed by atoms with E-state index in [4.69, 9.17) is 0 Å². The van der Waals surface area contributed by atoms with Crippen LogP contribution in [0.4, 0.5) is 0 Å². The summed E-state index contributed by atoms with van der Waals surface area (Å²) in [6, 6.07) is 5.09. The molecule has 1 aromatic rings. The van der Waals surface area contributed by atoms with Crippen molar-refractivity contribution in [2.24, 2.45) is 5.92 Å². The van der Waals surface area contributed by atoms with Gasteiger partial charge in [0.25, 0.3) is 0 Å². The van der Waals surface area contributed by atoms with Crippen LogP contribution >= 0.6 is 11.8 Å². The Morgan fingerprint density at radius 1 is 1.12 bits per heavy atom. The van der Waals surface area contributed by atoms with Crippen molar-refractivity contribution in [3.05, 3.63) is 30.1 Å². The number of rotatable bonds is 7. The van der Waals surface area contributed by atoms with Crippen LogP contribution in [0, 0.1) is 5.92 Å². The van der Waals surface area contributed by atoms with Crippen LogP contribution in [0.15, 0.2) is 24.5 Å². The van der Waals surface area contributed by atoms with Gasteiger partial charge in [-0.2, -0.15) is 11.8 Å². The van der Waals surface area contributed by atoms with E-state index in [1.165, 1.54) is 17.1 Å². The van der Waals surface area contributed by atoms with Gasteiger partial charge in [-0.15, -0.1) is 0 Å². The fraction of sp³-hybridized carbons (Fsp3) is 0.643. The molecular formula is C14H24N2S. The number of pyridine rings is 1. The number of hydrogen-bond acceptors (Lipinski definition) is 3. The van der Waals surface area contributed by atoms with Crippen LogP contribution in [0.1, 0.15) is 39.3 Å². The number of thioether (sulfide) groups is 1. The molecule has 0 aromatic carbocycles. The van der Waals surface area contributed by atoms with Gasteiger partial charge in [0, 0.05) is 30.2 Å². The lowest BCUT2D eigenvalue weighted by atomic mass is 10.1. The van der Waals surface area contributed by atoms with Gasteiger partial charge in [-0.25, -0.2) is 0 Å². The summed E-state index contributed by atoms with van der Waals surface area (Å²) in [6.45, 7) is 9.00. The Morgan fingerprint density at radius 2 is 1.76 bits per heavy atom. The number of aromatic nitrogens is 1. The quantitative estimate of drug-likeness (QED) is 0.804. The molecule has 17 heavy (non-hydrogen) atoms. The highest BCUT2D eigenvalue weighted by molar-refractivity contribution is 7.99. The summed E-state index contributed by atoms with van der Waals surface area (Å²) in [5, 5.41) is 3.62. The van der Waals surface area contributed by atoms with Gasteiger partial charge < -0.3 is 5.32 Å². The predicted octanol–water partition coefficient (Wildman–Crippen LogP) is 3.51. The first kappa shape index (κ1) is 14.5. The molecule has 2 atom stereocenters. The van der Waals surface area contributed by atoms with E-state index in [-0.39, 0.29) is 0 Å².